The zero-order chi connectivity index (χ0) is 19.5. The second-order valence-corrected chi connectivity index (χ2v) is 8.71. The van der Waals surface area contributed by atoms with E-state index in [1.54, 1.807) is 0 Å². The van der Waals surface area contributed by atoms with E-state index in [2.05, 4.69) is 45.5 Å². The average Bonchev–Trinajstić information content (AvgIpc) is 3.10. The molecule has 2 aromatic rings. The van der Waals surface area contributed by atoms with Crippen molar-refractivity contribution in [3.8, 4) is 0 Å². The fourth-order valence-electron chi connectivity index (χ4n) is 4.97. The Hall–Kier alpha value is -1.88. The second-order valence-electron chi connectivity index (χ2n) is 8.71. The van der Waals surface area contributed by atoms with Gasteiger partial charge in [-0.2, -0.15) is 0 Å². The molecule has 5 nitrogen and oxygen atoms in total. The van der Waals surface area contributed by atoms with Crippen LogP contribution in [0.4, 0.5) is 0 Å². The van der Waals surface area contributed by atoms with Crippen LogP contribution in [0, 0.1) is 11.8 Å². The normalized spacial score (nSPS) is 22.1. The zero-order valence-corrected chi connectivity index (χ0v) is 17.4. The maximum atomic E-state index is 12.9. The predicted molar refractivity (Wildman–Crippen MR) is 113 cm³/mol. The Morgan fingerprint density at radius 1 is 1.21 bits per heavy atom. The highest BCUT2D eigenvalue weighted by Gasteiger charge is 2.30. The molecule has 4 rings (SSSR count). The lowest BCUT2D eigenvalue weighted by atomic mass is 9.92. The molecule has 2 aromatic heterocycles. The molecule has 0 N–H and O–H groups in total. The summed E-state index contributed by atoms with van der Waals surface area (Å²) in [5, 5.41) is 1.29. The third kappa shape index (κ3) is 4.09. The van der Waals surface area contributed by atoms with Crippen LogP contribution in [0.5, 0.6) is 0 Å². The van der Waals surface area contributed by atoms with Crippen molar-refractivity contribution in [2.75, 3.05) is 32.7 Å². The Balaban J connectivity index is 1.30. The van der Waals surface area contributed by atoms with Crippen molar-refractivity contribution in [3.05, 3.63) is 30.1 Å². The van der Waals surface area contributed by atoms with Crippen molar-refractivity contribution in [1.29, 1.82) is 0 Å². The lowest BCUT2D eigenvalue weighted by molar-refractivity contribution is -0.138. The molecular weight excluding hydrogens is 348 g/mol. The van der Waals surface area contributed by atoms with Crippen LogP contribution in [0.3, 0.4) is 0 Å². The SMILES string of the molecule is CCn1cc(CCN2CCC(C(=O)N3CCCC(C)C3)CC2)c2cccnc21. The largest absolute Gasteiger partial charge is 0.342 e. The summed E-state index contributed by atoms with van der Waals surface area (Å²) < 4.78 is 2.25. The van der Waals surface area contributed by atoms with Crippen molar-refractivity contribution in [2.45, 2.75) is 52.5 Å². The molecule has 2 aliphatic rings. The highest BCUT2D eigenvalue weighted by Crippen LogP contribution is 2.25. The lowest BCUT2D eigenvalue weighted by Crippen LogP contribution is -2.46. The topological polar surface area (TPSA) is 41.4 Å². The van der Waals surface area contributed by atoms with Gasteiger partial charge in [-0.05, 0) is 75.7 Å². The van der Waals surface area contributed by atoms with E-state index in [1.165, 1.54) is 23.8 Å². The van der Waals surface area contributed by atoms with E-state index in [0.717, 1.165) is 64.2 Å². The monoisotopic (exact) mass is 382 g/mol. The van der Waals surface area contributed by atoms with Crippen LogP contribution in [0.2, 0.25) is 0 Å². The molecule has 1 unspecified atom stereocenters. The summed E-state index contributed by atoms with van der Waals surface area (Å²) in [5.74, 6) is 1.33. The molecule has 0 radical (unpaired) electrons. The van der Waals surface area contributed by atoms with Crippen LogP contribution in [0.25, 0.3) is 11.0 Å². The molecular formula is C23H34N4O. The fourth-order valence-corrected chi connectivity index (χ4v) is 4.97. The van der Waals surface area contributed by atoms with Crippen LogP contribution < -0.4 is 0 Å². The molecule has 2 saturated heterocycles. The van der Waals surface area contributed by atoms with Gasteiger partial charge < -0.3 is 14.4 Å². The Bertz CT molecular complexity index is 806. The third-order valence-corrected chi connectivity index (χ3v) is 6.66. The van der Waals surface area contributed by atoms with Gasteiger partial charge in [-0.3, -0.25) is 4.79 Å². The molecule has 1 amide bonds. The summed E-state index contributed by atoms with van der Waals surface area (Å²) in [7, 11) is 0. The Morgan fingerprint density at radius 3 is 2.79 bits per heavy atom. The molecule has 4 heterocycles. The molecule has 0 aliphatic carbocycles. The number of amides is 1. The first kappa shape index (κ1) is 19.4. The van der Waals surface area contributed by atoms with Gasteiger partial charge in [0.05, 0.1) is 0 Å². The van der Waals surface area contributed by atoms with Crippen molar-refractivity contribution >= 4 is 16.9 Å². The molecule has 0 saturated carbocycles. The lowest BCUT2D eigenvalue weighted by Gasteiger charge is -2.37. The van der Waals surface area contributed by atoms with Gasteiger partial charge in [-0.25, -0.2) is 4.98 Å². The quantitative estimate of drug-likeness (QED) is 0.794. The maximum absolute atomic E-state index is 12.9. The van der Waals surface area contributed by atoms with Gasteiger partial charge >= 0.3 is 0 Å². The van der Waals surface area contributed by atoms with Gasteiger partial charge in [-0.15, -0.1) is 0 Å². The summed E-state index contributed by atoms with van der Waals surface area (Å²) >= 11 is 0. The van der Waals surface area contributed by atoms with E-state index in [0.29, 0.717) is 11.8 Å². The third-order valence-electron chi connectivity index (χ3n) is 6.66. The molecule has 0 spiro atoms. The van der Waals surface area contributed by atoms with E-state index in [9.17, 15) is 4.79 Å². The summed E-state index contributed by atoms with van der Waals surface area (Å²) in [6.07, 6.45) is 9.67. The Labute approximate surface area is 168 Å². The maximum Gasteiger partial charge on any atom is 0.225 e. The van der Waals surface area contributed by atoms with Gasteiger partial charge in [-0.1, -0.05) is 6.92 Å². The number of aryl methyl sites for hydroxylation is 1. The smallest absolute Gasteiger partial charge is 0.225 e. The minimum Gasteiger partial charge on any atom is -0.342 e. The van der Waals surface area contributed by atoms with Gasteiger partial charge in [0.1, 0.15) is 5.65 Å². The van der Waals surface area contributed by atoms with Crippen molar-refractivity contribution < 1.29 is 4.79 Å². The number of aromatic nitrogens is 2. The van der Waals surface area contributed by atoms with Crippen LogP contribution in [-0.4, -0.2) is 58.0 Å². The number of fused-ring (bicyclic) bond motifs is 1. The second kappa shape index (κ2) is 8.64. The van der Waals surface area contributed by atoms with Crippen LogP contribution >= 0.6 is 0 Å². The van der Waals surface area contributed by atoms with E-state index in [1.807, 2.05) is 12.3 Å². The highest BCUT2D eigenvalue weighted by atomic mass is 16.2. The summed E-state index contributed by atoms with van der Waals surface area (Å²) in [4.78, 5) is 22.1. The number of piperidine rings is 2. The summed E-state index contributed by atoms with van der Waals surface area (Å²) in [6.45, 7) is 10.5. The number of rotatable bonds is 5. The summed E-state index contributed by atoms with van der Waals surface area (Å²) in [5.41, 5.74) is 2.49. The van der Waals surface area contributed by atoms with Crippen molar-refractivity contribution in [3.63, 3.8) is 0 Å². The van der Waals surface area contributed by atoms with Crippen LogP contribution in [-0.2, 0) is 17.8 Å². The number of likely N-dealkylation sites (tertiary alicyclic amines) is 2. The molecule has 5 heteroatoms. The number of carbonyl (C=O) groups is 1. The van der Waals surface area contributed by atoms with E-state index >= 15 is 0 Å². The zero-order valence-electron chi connectivity index (χ0n) is 17.4. The van der Waals surface area contributed by atoms with E-state index in [4.69, 9.17) is 0 Å². The number of carbonyl (C=O) groups excluding carboxylic acids is 1. The standard InChI is InChI=1S/C23H34N4O/c1-3-26-17-20(21-7-4-11-24-22(21)26)10-15-25-13-8-19(9-14-25)23(28)27-12-5-6-18(2)16-27/h4,7,11,17-19H,3,5-6,8-10,12-16H2,1-2H3. The van der Waals surface area contributed by atoms with Gasteiger partial charge in [0, 0.05) is 49.9 Å². The molecule has 0 aromatic carbocycles. The number of hydrogen-bond acceptors (Lipinski definition) is 3. The van der Waals surface area contributed by atoms with E-state index in [-0.39, 0.29) is 5.92 Å². The Morgan fingerprint density at radius 2 is 2.04 bits per heavy atom. The first-order valence-corrected chi connectivity index (χ1v) is 11.1. The number of nitrogens with zero attached hydrogens (tertiary/aromatic N) is 4. The van der Waals surface area contributed by atoms with Crippen molar-refractivity contribution in [2.24, 2.45) is 11.8 Å². The molecule has 1 atom stereocenters. The molecule has 28 heavy (non-hydrogen) atoms. The molecule has 2 fully saturated rings. The van der Waals surface area contributed by atoms with Crippen LogP contribution in [0.15, 0.2) is 24.5 Å². The van der Waals surface area contributed by atoms with Crippen molar-refractivity contribution in [1.82, 2.24) is 19.4 Å². The van der Waals surface area contributed by atoms with Gasteiger partial charge in [0.15, 0.2) is 0 Å². The molecule has 0 bridgehead atoms. The number of pyridine rings is 1. The fraction of sp³-hybridized carbons (Fsp3) is 0.652. The van der Waals surface area contributed by atoms with Gasteiger partial charge in [0.25, 0.3) is 0 Å². The average molecular weight is 383 g/mol. The molecule has 2 aliphatic heterocycles. The van der Waals surface area contributed by atoms with E-state index < -0.39 is 0 Å². The molecule has 152 valence electrons. The first-order valence-electron chi connectivity index (χ1n) is 11.1. The first-order chi connectivity index (χ1) is 13.7. The Kier molecular flexibility index (Phi) is 6.00. The highest BCUT2D eigenvalue weighted by molar-refractivity contribution is 5.80. The predicted octanol–water partition coefficient (Wildman–Crippen LogP) is 3.57. The minimum absolute atomic E-state index is 0.243. The minimum atomic E-state index is 0.243. The summed E-state index contributed by atoms with van der Waals surface area (Å²) in [6, 6.07) is 4.22. The van der Waals surface area contributed by atoms with Gasteiger partial charge in [0.2, 0.25) is 5.91 Å². The van der Waals surface area contributed by atoms with Crippen LogP contribution in [0.1, 0.15) is 45.1 Å². The number of hydrogen-bond donors (Lipinski definition) is 0.